The van der Waals surface area contributed by atoms with E-state index < -0.39 is 0 Å². The third kappa shape index (κ3) is 1.37. The van der Waals surface area contributed by atoms with Crippen LogP contribution in [0.15, 0.2) is 34.7 Å². The van der Waals surface area contributed by atoms with Crippen molar-refractivity contribution in [3.05, 3.63) is 30.3 Å². The lowest BCUT2D eigenvalue weighted by Crippen LogP contribution is -1.79. The van der Waals surface area contributed by atoms with Crippen LogP contribution in [0.2, 0.25) is 0 Å². The second-order valence-electron chi connectivity index (χ2n) is 3.09. The standard InChI is InChI=1S/C10H7N3OS/c11-10-13-12-9(15-10)8-5-6-3-1-2-4-7(6)14-8/h1-5H,(H2,11,13). The van der Waals surface area contributed by atoms with Gasteiger partial charge in [0.15, 0.2) is 10.8 Å². The van der Waals surface area contributed by atoms with Crippen molar-refractivity contribution >= 4 is 27.4 Å². The van der Waals surface area contributed by atoms with Crippen LogP contribution in [-0.4, -0.2) is 10.2 Å². The Bertz CT molecular complexity index is 581. The maximum Gasteiger partial charge on any atom is 0.203 e. The van der Waals surface area contributed by atoms with Crippen LogP contribution in [0, 0.1) is 0 Å². The molecule has 0 unspecified atom stereocenters. The molecular formula is C10H7N3OS. The maximum atomic E-state index is 5.62. The molecule has 0 radical (unpaired) electrons. The van der Waals surface area contributed by atoms with Crippen LogP contribution >= 0.6 is 11.3 Å². The van der Waals surface area contributed by atoms with Gasteiger partial charge < -0.3 is 10.2 Å². The van der Waals surface area contributed by atoms with Gasteiger partial charge in [0.2, 0.25) is 5.13 Å². The van der Waals surface area contributed by atoms with E-state index in [4.69, 9.17) is 10.2 Å². The van der Waals surface area contributed by atoms with Crippen molar-refractivity contribution in [3.8, 4) is 10.8 Å². The molecule has 0 bridgehead atoms. The average molecular weight is 217 g/mol. The van der Waals surface area contributed by atoms with E-state index in [1.807, 2.05) is 30.3 Å². The van der Waals surface area contributed by atoms with Crippen LogP contribution in [0.1, 0.15) is 0 Å². The van der Waals surface area contributed by atoms with Gasteiger partial charge >= 0.3 is 0 Å². The molecule has 4 nitrogen and oxygen atoms in total. The molecule has 0 spiro atoms. The van der Waals surface area contributed by atoms with E-state index >= 15 is 0 Å². The Morgan fingerprint density at radius 2 is 2.07 bits per heavy atom. The molecule has 74 valence electrons. The molecule has 2 N–H and O–H groups in total. The SMILES string of the molecule is Nc1nnc(-c2cc3ccccc3o2)s1. The van der Waals surface area contributed by atoms with Gasteiger partial charge in [-0.1, -0.05) is 29.5 Å². The minimum atomic E-state index is 0.449. The van der Waals surface area contributed by atoms with Crippen LogP contribution in [0.25, 0.3) is 21.7 Å². The van der Waals surface area contributed by atoms with Crippen LogP contribution < -0.4 is 5.73 Å². The van der Waals surface area contributed by atoms with Gasteiger partial charge in [-0.2, -0.15) is 0 Å². The number of benzene rings is 1. The summed E-state index contributed by atoms with van der Waals surface area (Å²) in [5, 5.41) is 9.90. The van der Waals surface area contributed by atoms with E-state index in [0.717, 1.165) is 11.0 Å². The minimum Gasteiger partial charge on any atom is -0.453 e. The van der Waals surface area contributed by atoms with Gasteiger partial charge in [-0.05, 0) is 12.1 Å². The molecular weight excluding hydrogens is 210 g/mol. The third-order valence-electron chi connectivity index (χ3n) is 2.08. The monoisotopic (exact) mass is 217 g/mol. The van der Waals surface area contributed by atoms with Crippen LogP contribution in [-0.2, 0) is 0 Å². The number of hydrogen-bond donors (Lipinski definition) is 1. The molecule has 5 heteroatoms. The fraction of sp³-hybridized carbons (Fsp3) is 0. The number of anilines is 1. The zero-order valence-electron chi connectivity index (χ0n) is 7.68. The first-order valence-electron chi connectivity index (χ1n) is 4.41. The van der Waals surface area contributed by atoms with Crippen molar-refractivity contribution < 1.29 is 4.42 Å². The molecule has 0 fully saturated rings. The van der Waals surface area contributed by atoms with E-state index in [-0.39, 0.29) is 0 Å². The predicted octanol–water partition coefficient (Wildman–Crippen LogP) is 2.53. The molecule has 0 aliphatic heterocycles. The van der Waals surface area contributed by atoms with Crippen LogP contribution in [0.4, 0.5) is 5.13 Å². The Morgan fingerprint density at radius 1 is 1.20 bits per heavy atom. The lowest BCUT2D eigenvalue weighted by Gasteiger charge is -1.84. The second-order valence-corrected chi connectivity index (χ2v) is 4.10. The summed E-state index contributed by atoms with van der Waals surface area (Å²) in [6.45, 7) is 0. The highest BCUT2D eigenvalue weighted by molar-refractivity contribution is 7.18. The smallest absolute Gasteiger partial charge is 0.203 e. The highest BCUT2D eigenvalue weighted by atomic mass is 32.1. The van der Waals surface area contributed by atoms with Gasteiger partial charge in [-0.3, -0.25) is 0 Å². The number of aromatic nitrogens is 2. The summed E-state index contributed by atoms with van der Waals surface area (Å²) in [5.41, 5.74) is 6.36. The molecule has 0 aliphatic carbocycles. The molecule has 2 aromatic heterocycles. The number of furan rings is 1. The van der Waals surface area contributed by atoms with E-state index in [1.165, 1.54) is 11.3 Å². The second kappa shape index (κ2) is 3.06. The summed E-state index contributed by atoms with van der Waals surface area (Å²) >= 11 is 1.32. The summed E-state index contributed by atoms with van der Waals surface area (Å²) in [6.07, 6.45) is 0. The molecule has 2 heterocycles. The minimum absolute atomic E-state index is 0.449. The summed E-state index contributed by atoms with van der Waals surface area (Å²) in [6, 6.07) is 9.76. The predicted molar refractivity (Wildman–Crippen MR) is 59.5 cm³/mol. The molecule has 3 aromatic rings. The number of nitrogen functional groups attached to an aromatic ring is 1. The van der Waals surface area contributed by atoms with Crippen molar-refractivity contribution in [2.75, 3.05) is 5.73 Å². The Kier molecular flexibility index (Phi) is 1.72. The zero-order valence-corrected chi connectivity index (χ0v) is 8.49. The van der Waals surface area contributed by atoms with Crippen LogP contribution in [0.5, 0.6) is 0 Å². The molecule has 0 atom stereocenters. The highest BCUT2D eigenvalue weighted by Gasteiger charge is 2.09. The Hall–Kier alpha value is -1.88. The van der Waals surface area contributed by atoms with Crippen molar-refractivity contribution in [2.45, 2.75) is 0 Å². The van der Waals surface area contributed by atoms with E-state index in [9.17, 15) is 0 Å². The first kappa shape index (κ1) is 8.43. The van der Waals surface area contributed by atoms with Gasteiger partial charge in [-0.15, -0.1) is 10.2 Å². The molecule has 15 heavy (non-hydrogen) atoms. The largest absolute Gasteiger partial charge is 0.453 e. The quantitative estimate of drug-likeness (QED) is 0.680. The highest BCUT2D eigenvalue weighted by Crippen LogP contribution is 2.30. The number of nitrogens with zero attached hydrogens (tertiary/aromatic N) is 2. The lowest BCUT2D eigenvalue weighted by molar-refractivity contribution is 0.630. The van der Waals surface area contributed by atoms with Crippen LogP contribution in [0.3, 0.4) is 0 Å². The van der Waals surface area contributed by atoms with E-state index in [0.29, 0.717) is 15.9 Å². The number of rotatable bonds is 1. The zero-order chi connectivity index (χ0) is 10.3. The fourth-order valence-corrected chi connectivity index (χ4v) is 1.98. The molecule has 0 aliphatic rings. The number of fused-ring (bicyclic) bond motifs is 1. The van der Waals surface area contributed by atoms with Crippen molar-refractivity contribution in [1.29, 1.82) is 0 Å². The summed E-state index contributed by atoms with van der Waals surface area (Å²) in [5.74, 6) is 0.713. The Labute approximate surface area is 89.4 Å². The number of nitrogens with two attached hydrogens (primary N) is 1. The fourth-order valence-electron chi connectivity index (χ4n) is 1.42. The summed E-state index contributed by atoms with van der Waals surface area (Å²) in [7, 11) is 0. The van der Waals surface area contributed by atoms with Gasteiger partial charge in [0.1, 0.15) is 5.58 Å². The lowest BCUT2D eigenvalue weighted by atomic mass is 10.2. The molecule has 0 saturated heterocycles. The van der Waals surface area contributed by atoms with Crippen molar-refractivity contribution in [3.63, 3.8) is 0 Å². The average Bonchev–Trinajstić information content (AvgIpc) is 2.82. The molecule has 3 rings (SSSR count). The van der Waals surface area contributed by atoms with Gasteiger partial charge in [0.05, 0.1) is 0 Å². The van der Waals surface area contributed by atoms with Gasteiger partial charge in [-0.25, -0.2) is 0 Å². The number of hydrogen-bond acceptors (Lipinski definition) is 5. The van der Waals surface area contributed by atoms with Gasteiger partial charge in [0, 0.05) is 5.39 Å². The normalized spacial score (nSPS) is 10.9. The molecule has 1 aromatic carbocycles. The van der Waals surface area contributed by atoms with E-state index in [2.05, 4.69) is 10.2 Å². The Balaban J connectivity index is 2.19. The van der Waals surface area contributed by atoms with Crippen molar-refractivity contribution in [2.24, 2.45) is 0 Å². The Morgan fingerprint density at radius 3 is 2.80 bits per heavy atom. The molecule has 0 saturated carbocycles. The topological polar surface area (TPSA) is 64.9 Å². The summed E-state index contributed by atoms with van der Waals surface area (Å²) < 4.78 is 5.62. The first-order chi connectivity index (χ1) is 7.33. The molecule has 0 amide bonds. The maximum absolute atomic E-state index is 5.62. The van der Waals surface area contributed by atoms with E-state index in [1.54, 1.807) is 0 Å². The number of para-hydroxylation sites is 1. The van der Waals surface area contributed by atoms with Gasteiger partial charge in [0.25, 0.3) is 0 Å². The van der Waals surface area contributed by atoms with Crippen molar-refractivity contribution in [1.82, 2.24) is 10.2 Å². The first-order valence-corrected chi connectivity index (χ1v) is 5.22. The third-order valence-corrected chi connectivity index (χ3v) is 2.84. The summed E-state index contributed by atoms with van der Waals surface area (Å²) in [4.78, 5) is 0.